The van der Waals surface area contributed by atoms with Crippen LogP contribution in [0.2, 0.25) is 0 Å². The van der Waals surface area contributed by atoms with Gasteiger partial charge in [-0.05, 0) is 55.8 Å². The zero-order chi connectivity index (χ0) is 24.3. The maximum absolute atomic E-state index is 13.8. The van der Waals surface area contributed by atoms with Crippen molar-refractivity contribution >= 4 is 22.5 Å². The highest BCUT2D eigenvalue weighted by atomic mass is 19.4. The van der Waals surface area contributed by atoms with Crippen LogP contribution in [0.5, 0.6) is 5.88 Å². The fourth-order valence-corrected chi connectivity index (χ4v) is 4.34. The zero-order valence-electron chi connectivity index (χ0n) is 19.0. The second-order valence-corrected chi connectivity index (χ2v) is 8.49. The first-order valence-corrected chi connectivity index (χ1v) is 11.6. The Balaban J connectivity index is 1.47. The van der Waals surface area contributed by atoms with E-state index < -0.39 is 11.7 Å². The Morgan fingerprint density at radius 2 is 1.71 bits per heavy atom. The van der Waals surface area contributed by atoms with Gasteiger partial charge in [0.05, 0.1) is 11.1 Å². The van der Waals surface area contributed by atoms with Gasteiger partial charge in [0.1, 0.15) is 6.61 Å². The number of piperidine rings is 1. The molecule has 0 bridgehead atoms. The number of aromatic amines is 1. The molecule has 182 valence electrons. The van der Waals surface area contributed by atoms with Gasteiger partial charge < -0.3 is 10.1 Å². The molecular weight excluding hydrogens is 457 g/mol. The molecule has 1 aliphatic rings. The molecule has 2 N–H and O–H groups in total. The second-order valence-electron chi connectivity index (χ2n) is 8.49. The van der Waals surface area contributed by atoms with Crippen molar-refractivity contribution in [1.82, 2.24) is 25.3 Å². The van der Waals surface area contributed by atoms with Gasteiger partial charge in [-0.25, -0.2) is 0 Å². The number of H-pyrrole nitrogens is 1. The standard InChI is InChI=1S/C25H25F3N6O/c26-25(27,28)20-10-4-2-8-17(20)19-16-22(29-23-18-9-3-5-11-21(18)30-32-23)31-33-24(19)35-15-14-34-12-6-1-7-13-34/h2-5,8-11,16H,1,6-7,12-15H2,(H2,29,30,31,32). The van der Waals surface area contributed by atoms with E-state index in [0.29, 0.717) is 19.0 Å². The zero-order valence-corrected chi connectivity index (χ0v) is 19.0. The van der Waals surface area contributed by atoms with E-state index in [1.165, 1.54) is 24.6 Å². The molecule has 5 rings (SSSR count). The molecular formula is C25H25F3N6O. The lowest BCUT2D eigenvalue weighted by Gasteiger charge is -2.26. The fourth-order valence-electron chi connectivity index (χ4n) is 4.34. The molecule has 0 amide bonds. The van der Waals surface area contributed by atoms with Crippen LogP contribution in [0, 0.1) is 0 Å². The Kier molecular flexibility index (Phi) is 6.54. The molecule has 1 fully saturated rings. The summed E-state index contributed by atoms with van der Waals surface area (Å²) in [6.45, 7) is 2.99. The molecule has 35 heavy (non-hydrogen) atoms. The number of nitrogens with one attached hydrogen (secondary N) is 2. The van der Waals surface area contributed by atoms with E-state index >= 15 is 0 Å². The van der Waals surface area contributed by atoms with Crippen molar-refractivity contribution in [2.45, 2.75) is 25.4 Å². The monoisotopic (exact) mass is 482 g/mol. The topological polar surface area (TPSA) is 79.0 Å². The molecule has 0 saturated carbocycles. The first-order valence-electron chi connectivity index (χ1n) is 11.6. The quantitative estimate of drug-likeness (QED) is 0.355. The van der Waals surface area contributed by atoms with Gasteiger partial charge in [-0.1, -0.05) is 36.8 Å². The normalized spacial score (nSPS) is 14.8. The summed E-state index contributed by atoms with van der Waals surface area (Å²) in [5.74, 6) is 0.831. The summed E-state index contributed by atoms with van der Waals surface area (Å²) in [6, 6.07) is 14.5. The van der Waals surface area contributed by atoms with Crippen molar-refractivity contribution in [3.63, 3.8) is 0 Å². The molecule has 1 saturated heterocycles. The maximum Gasteiger partial charge on any atom is 0.417 e. The predicted octanol–water partition coefficient (Wildman–Crippen LogP) is 5.65. The number of aromatic nitrogens is 4. The first kappa shape index (κ1) is 23.1. The molecule has 7 nitrogen and oxygen atoms in total. The van der Waals surface area contributed by atoms with Gasteiger partial charge in [0.2, 0.25) is 5.88 Å². The van der Waals surface area contributed by atoms with Gasteiger partial charge in [0.15, 0.2) is 11.6 Å². The van der Waals surface area contributed by atoms with Gasteiger partial charge in [-0.3, -0.25) is 10.00 Å². The lowest BCUT2D eigenvalue weighted by atomic mass is 10.0. The molecule has 10 heteroatoms. The highest BCUT2D eigenvalue weighted by Gasteiger charge is 2.34. The van der Waals surface area contributed by atoms with Gasteiger partial charge >= 0.3 is 6.18 Å². The molecule has 0 unspecified atom stereocenters. The van der Waals surface area contributed by atoms with Crippen LogP contribution in [0.15, 0.2) is 54.6 Å². The van der Waals surface area contributed by atoms with Crippen LogP contribution in [0.25, 0.3) is 22.0 Å². The van der Waals surface area contributed by atoms with Crippen LogP contribution in [-0.2, 0) is 6.18 Å². The lowest BCUT2D eigenvalue weighted by molar-refractivity contribution is -0.137. The first-order chi connectivity index (χ1) is 17.0. The summed E-state index contributed by atoms with van der Waals surface area (Å²) in [5, 5.41) is 19.4. The summed E-state index contributed by atoms with van der Waals surface area (Å²) in [6.07, 6.45) is -1.02. The number of hydrogen-bond donors (Lipinski definition) is 2. The van der Waals surface area contributed by atoms with Crippen LogP contribution >= 0.6 is 0 Å². The van der Waals surface area contributed by atoms with Crippen LogP contribution in [0.3, 0.4) is 0 Å². The van der Waals surface area contributed by atoms with Crippen molar-refractivity contribution in [3.05, 3.63) is 60.2 Å². The molecule has 1 aliphatic heterocycles. The number of anilines is 2. The Labute approximate surface area is 200 Å². The minimum absolute atomic E-state index is 0.0159. The van der Waals surface area contributed by atoms with E-state index in [2.05, 4.69) is 30.6 Å². The van der Waals surface area contributed by atoms with Crippen molar-refractivity contribution in [2.75, 3.05) is 31.6 Å². The molecule has 0 aliphatic carbocycles. The molecule has 0 spiro atoms. The van der Waals surface area contributed by atoms with Crippen molar-refractivity contribution in [1.29, 1.82) is 0 Å². The maximum atomic E-state index is 13.8. The van der Waals surface area contributed by atoms with Gasteiger partial charge in [-0.2, -0.15) is 18.3 Å². The number of benzene rings is 2. The van der Waals surface area contributed by atoms with Gasteiger partial charge in [0, 0.05) is 17.5 Å². The third kappa shape index (κ3) is 5.22. The Hall–Kier alpha value is -3.66. The number of hydrogen-bond acceptors (Lipinski definition) is 6. The minimum Gasteiger partial charge on any atom is -0.475 e. The van der Waals surface area contributed by atoms with E-state index in [9.17, 15) is 13.2 Å². The number of para-hydroxylation sites is 1. The van der Waals surface area contributed by atoms with Crippen molar-refractivity contribution in [2.24, 2.45) is 0 Å². The minimum atomic E-state index is -4.53. The van der Waals surface area contributed by atoms with E-state index in [1.54, 1.807) is 6.07 Å². The van der Waals surface area contributed by atoms with E-state index in [1.807, 2.05) is 24.3 Å². The SMILES string of the molecule is FC(F)(F)c1ccccc1-c1cc(Nc2n[nH]c3ccccc23)nnc1OCCN1CCCCC1. The fraction of sp³-hybridized carbons (Fsp3) is 0.320. The lowest BCUT2D eigenvalue weighted by Crippen LogP contribution is -2.33. The number of fused-ring (bicyclic) bond motifs is 1. The second kappa shape index (κ2) is 9.91. The molecule has 0 atom stereocenters. The highest BCUT2D eigenvalue weighted by molar-refractivity contribution is 5.91. The van der Waals surface area contributed by atoms with E-state index in [4.69, 9.17) is 4.74 Å². The Morgan fingerprint density at radius 3 is 2.54 bits per heavy atom. The van der Waals surface area contributed by atoms with Crippen molar-refractivity contribution < 1.29 is 17.9 Å². The van der Waals surface area contributed by atoms with Crippen LogP contribution in [-0.4, -0.2) is 51.5 Å². The summed E-state index contributed by atoms with van der Waals surface area (Å²) < 4.78 is 47.4. The molecule has 2 aromatic heterocycles. The van der Waals surface area contributed by atoms with Gasteiger partial charge in [0.25, 0.3) is 0 Å². The van der Waals surface area contributed by atoms with Crippen molar-refractivity contribution in [3.8, 4) is 17.0 Å². The number of likely N-dealkylation sites (tertiary alicyclic amines) is 1. The Morgan fingerprint density at radius 1 is 0.943 bits per heavy atom. The molecule has 0 radical (unpaired) electrons. The number of halogens is 3. The summed E-state index contributed by atoms with van der Waals surface area (Å²) in [7, 11) is 0. The number of ether oxygens (including phenoxy) is 1. The Bertz CT molecular complexity index is 1300. The molecule has 2 aromatic carbocycles. The predicted molar refractivity (Wildman–Crippen MR) is 128 cm³/mol. The average molecular weight is 483 g/mol. The number of nitrogens with zero attached hydrogens (tertiary/aromatic N) is 4. The summed E-state index contributed by atoms with van der Waals surface area (Å²) in [4.78, 5) is 2.29. The summed E-state index contributed by atoms with van der Waals surface area (Å²) in [5.41, 5.74) is 0.264. The average Bonchev–Trinajstić information content (AvgIpc) is 3.28. The number of rotatable bonds is 7. The largest absolute Gasteiger partial charge is 0.475 e. The molecule has 4 aromatic rings. The van der Waals surface area contributed by atoms with Crippen LogP contribution in [0.4, 0.5) is 24.8 Å². The van der Waals surface area contributed by atoms with Crippen LogP contribution in [0.1, 0.15) is 24.8 Å². The van der Waals surface area contributed by atoms with E-state index in [0.717, 1.165) is 42.9 Å². The third-order valence-electron chi connectivity index (χ3n) is 6.09. The van der Waals surface area contributed by atoms with Crippen LogP contribution < -0.4 is 10.1 Å². The van der Waals surface area contributed by atoms with Gasteiger partial charge in [-0.15, -0.1) is 10.2 Å². The van der Waals surface area contributed by atoms with E-state index in [-0.39, 0.29) is 22.8 Å². The number of alkyl halides is 3. The third-order valence-corrected chi connectivity index (χ3v) is 6.09. The molecule has 3 heterocycles. The highest BCUT2D eigenvalue weighted by Crippen LogP contribution is 2.40. The smallest absolute Gasteiger partial charge is 0.417 e. The summed E-state index contributed by atoms with van der Waals surface area (Å²) >= 11 is 0.